The van der Waals surface area contributed by atoms with Gasteiger partial charge in [0.1, 0.15) is 6.10 Å². The number of carboxylic acids is 1. The summed E-state index contributed by atoms with van der Waals surface area (Å²) < 4.78 is 5.15. The van der Waals surface area contributed by atoms with Crippen molar-refractivity contribution < 1.29 is 19.4 Å². The van der Waals surface area contributed by atoms with Gasteiger partial charge in [0.2, 0.25) is 5.91 Å². The van der Waals surface area contributed by atoms with Gasteiger partial charge in [-0.2, -0.15) is 0 Å². The van der Waals surface area contributed by atoms with E-state index in [0.717, 1.165) is 12.8 Å². The summed E-state index contributed by atoms with van der Waals surface area (Å²) in [7, 11) is 0. The molecule has 1 aliphatic rings. The summed E-state index contributed by atoms with van der Waals surface area (Å²) in [5, 5.41) is 11.5. The van der Waals surface area contributed by atoms with Crippen LogP contribution in [0.2, 0.25) is 0 Å². The third-order valence-electron chi connectivity index (χ3n) is 2.92. The fourth-order valence-corrected chi connectivity index (χ4v) is 1.89. The van der Waals surface area contributed by atoms with Gasteiger partial charge in [0.05, 0.1) is 0 Å². The molecule has 0 aromatic rings. The van der Waals surface area contributed by atoms with Crippen LogP contribution in [0.5, 0.6) is 0 Å². The third kappa shape index (κ3) is 4.73. The Hall–Kier alpha value is -1.10. The smallest absolute Gasteiger partial charge is 0.332 e. The van der Waals surface area contributed by atoms with Gasteiger partial charge in [-0.15, -0.1) is 0 Å². The first-order chi connectivity index (χ1) is 8.15. The lowest BCUT2D eigenvalue weighted by atomic mass is 10.2. The van der Waals surface area contributed by atoms with E-state index in [1.807, 2.05) is 0 Å². The molecular formula is C12H21NO4. The van der Waals surface area contributed by atoms with Crippen molar-refractivity contribution in [3.63, 3.8) is 0 Å². The Morgan fingerprint density at radius 3 is 2.53 bits per heavy atom. The molecule has 1 saturated heterocycles. The molecule has 0 radical (unpaired) electrons. The number of hydrogen-bond donors (Lipinski definition) is 2. The lowest BCUT2D eigenvalue weighted by Gasteiger charge is -2.11. The summed E-state index contributed by atoms with van der Waals surface area (Å²) in [6.07, 6.45) is 3.94. The zero-order valence-corrected chi connectivity index (χ0v) is 10.3. The number of nitrogens with one attached hydrogen (secondary N) is 1. The molecule has 2 N–H and O–H groups in total. The Morgan fingerprint density at radius 1 is 1.24 bits per heavy atom. The first kappa shape index (κ1) is 14.0. The quantitative estimate of drug-likeness (QED) is 0.661. The molecular weight excluding hydrogens is 222 g/mol. The lowest BCUT2D eigenvalue weighted by molar-refractivity contribution is -0.151. The molecule has 0 saturated carbocycles. The fourth-order valence-electron chi connectivity index (χ4n) is 1.89. The van der Waals surface area contributed by atoms with Crippen molar-refractivity contribution in [2.45, 2.75) is 57.7 Å². The van der Waals surface area contributed by atoms with E-state index < -0.39 is 18.2 Å². The minimum absolute atomic E-state index is 0.176. The first-order valence-corrected chi connectivity index (χ1v) is 6.31. The van der Waals surface area contributed by atoms with Crippen molar-refractivity contribution in [2.75, 3.05) is 6.54 Å². The van der Waals surface area contributed by atoms with Gasteiger partial charge in [-0.1, -0.05) is 26.2 Å². The van der Waals surface area contributed by atoms with Gasteiger partial charge >= 0.3 is 5.97 Å². The maximum atomic E-state index is 11.6. The van der Waals surface area contributed by atoms with Crippen molar-refractivity contribution in [1.29, 1.82) is 0 Å². The highest BCUT2D eigenvalue weighted by molar-refractivity contribution is 5.82. The second-order valence-corrected chi connectivity index (χ2v) is 4.38. The van der Waals surface area contributed by atoms with Gasteiger partial charge in [-0.05, 0) is 19.3 Å². The maximum Gasteiger partial charge on any atom is 0.332 e. The van der Waals surface area contributed by atoms with Gasteiger partial charge in [0, 0.05) is 6.54 Å². The van der Waals surface area contributed by atoms with Crippen LogP contribution in [-0.2, 0) is 14.3 Å². The Kier molecular flexibility index (Phi) is 5.97. The molecule has 1 amide bonds. The summed E-state index contributed by atoms with van der Waals surface area (Å²) >= 11 is 0. The number of amides is 1. The number of carboxylic acid groups (broad SMARTS) is 1. The maximum absolute atomic E-state index is 11.6. The predicted molar refractivity (Wildman–Crippen MR) is 62.7 cm³/mol. The van der Waals surface area contributed by atoms with Crippen molar-refractivity contribution in [3.05, 3.63) is 0 Å². The number of rotatable bonds is 7. The molecule has 1 aliphatic heterocycles. The highest BCUT2D eigenvalue weighted by atomic mass is 16.5. The number of ether oxygens (including phenoxy) is 1. The second-order valence-electron chi connectivity index (χ2n) is 4.38. The number of carbonyl (C=O) groups is 2. The van der Waals surface area contributed by atoms with Crippen molar-refractivity contribution >= 4 is 11.9 Å². The molecule has 2 atom stereocenters. The number of aliphatic carboxylic acids is 1. The summed E-state index contributed by atoms with van der Waals surface area (Å²) in [6.45, 7) is 2.79. The van der Waals surface area contributed by atoms with Crippen LogP contribution >= 0.6 is 0 Å². The van der Waals surface area contributed by atoms with Crippen LogP contribution in [0.15, 0.2) is 0 Å². The second kappa shape index (κ2) is 7.27. The molecule has 0 aromatic carbocycles. The van der Waals surface area contributed by atoms with Gasteiger partial charge in [-0.25, -0.2) is 4.79 Å². The van der Waals surface area contributed by atoms with Crippen LogP contribution in [-0.4, -0.2) is 35.7 Å². The Morgan fingerprint density at radius 2 is 1.94 bits per heavy atom. The first-order valence-electron chi connectivity index (χ1n) is 6.31. The molecule has 17 heavy (non-hydrogen) atoms. The van der Waals surface area contributed by atoms with Crippen LogP contribution in [0.4, 0.5) is 0 Å². The van der Waals surface area contributed by atoms with Crippen LogP contribution < -0.4 is 5.32 Å². The molecule has 1 heterocycles. The predicted octanol–water partition coefficient (Wildman–Crippen LogP) is 1.32. The monoisotopic (exact) mass is 243 g/mol. The standard InChI is InChI=1S/C12H21NO4/c1-2-3-4-5-8-13-11(14)9-6-7-10(17-9)12(15)16/h9-10H,2-8H2,1H3,(H,13,14)(H,15,16). The van der Waals surface area contributed by atoms with E-state index in [4.69, 9.17) is 9.84 Å². The average Bonchev–Trinajstić information content (AvgIpc) is 2.78. The number of unbranched alkanes of at least 4 members (excludes halogenated alkanes) is 3. The molecule has 1 rings (SSSR count). The van der Waals surface area contributed by atoms with Crippen molar-refractivity contribution in [2.24, 2.45) is 0 Å². The molecule has 1 fully saturated rings. The molecule has 5 heteroatoms. The minimum atomic E-state index is -0.983. The van der Waals surface area contributed by atoms with E-state index in [1.54, 1.807) is 0 Å². The topological polar surface area (TPSA) is 75.6 Å². The zero-order valence-electron chi connectivity index (χ0n) is 10.3. The van der Waals surface area contributed by atoms with Crippen LogP contribution in [0.25, 0.3) is 0 Å². The van der Waals surface area contributed by atoms with E-state index in [9.17, 15) is 9.59 Å². The van der Waals surface area contributed by atoms with Gasteiger partial charge in [-0.3, -0.25) is 4.79 Å². The van der Waals surface area contributed by atoms with Crippen molar-refractivity contribution in [1.82, 2.24) is 5.32 Å². The lowest BCUT2D eigenvalue weighted by Crippen LogP contribution is -2.36. The summed E-state index contributed by atoms with van der Waals surface area (Å²) in [6, 6.07) is 0. The molecule has 2 unspecified atom stereocenters. The van der Waals surface area contributed by atoms with E-state index in [-0.39, 0.29) is 5.91 Å². The van der Waals surface area contributed by atoms with Gasteiger partial charge < -0.3 is 15.2 Å². The van der Waals surface area contributed by atoms with Gasteiger partial charge in [0.15, 0.2) is 6.10 Å². The fraction of sp³-hybridized carbons (Fsp3) is 0.833. The minimum Gasteiger partial charge on any atom is -0.479 e. The SMILES string of the molecule is CCCCCCNC(=O)C1CCC(C(=O)O)O1. The number of carbonyl (C=O) groups excluding carboxylic acids is 1. The molecule has 98 valence electrons. The van der Waals surface area contributed by atoms with E-state index in [2.05, 4.69) is 12.2 Å². The average molecular weight is 243 g/mol. The number of hydrogen-bond acceptors (Lipinski definition) is 3. The van der Waals surface area contributed by atoms with E-state index >= 15 is 0 Å². The summed E-state index contributed by atoms with van der Waals surface area (Å²) in [4.78, 5) is 22.3. The zero-order chi connectivity index (χ0) is 12.7. The highest BCUT2D eigenvalue weighted by Crippen LogP contribution is 2.19. The Balaban J connectivity index is 2.14. The molecule has 0 aromatic heterocycles. The molecule has 0 aliphatic carbocycles. The highest BCUT2D eigenvalue weighted by Gasteiger charge is 2.34. The molecule has 5 nitrogen and oxygen atoms in total. The van der Waals surface area contributed by atoms with Crippen LogP contribution in [0.3, 0.4) is 0 Å². The van der Waals surface area contributed by atoms with E-state index in [1.165, 1.54) is 12.8 Å². The normalized spacial score (nSPS) is 23.6. The Bertz CT molecular complexity index is 267. The molecule has 0 spiro atoms. The Labute approximate surface area is 102 Å². The molecule has 0 bridgehead atoms. The van der Waals surface area contributed by atoms with Crippen LogP contribution in [0.1, 0.15) is 45.4 Å². The van der Waals surface area contributed by atoms with Gasteiger partial charge in [0.25, 0.3) is 0 Å². The third-order valence-corrected chi connectivity index (χ3v) is 2.92. The van der Waals surface area contributed by atoms with E-state index in [0.29, 0.717) is 19.4 Å². The summed E-state index contributed by atoms with van der Waals surface area (Å²) in [5.41, 5.74) is 0. The van der Waals surface area contributed by atoms with Crippen molar-refractivity contribution in [3.8, 4) is 0 Å². The van der Waals surface area contributed by atoms with Crippen LogP contribution in [0, 0.1) is 0 Å². The largest absolute Gasteiger partial charge is 0.479 e. The summed E-state index contributed by atoms with van der Waals surface area (Å²) in [5.74, 6) is -1.16.